The van der Waals surface area contributed by atoms with Crippen LogP contribution in [-0.4, -0.2) is 48.0 Å². The molecule has 5 rings (SSSR count). The molecule has 2 aromatic rings. The Balaban J connectivity index is 1.37. The van der Waals surface area contributed by atoms with Crippen molar-refractivity contribution < 1.29 is 9.59 Å². The minimum Gasteiger partial charge on any atom is -0.356 e. The first-order chi connectivity index (χ1) is 16.7. The molecule has 3 heterocycles. The monoisotopic (exact) mass is 462 g/mol. The van der Waals surface area contributed by atoms with E-state index in [2.05, 4.69) is 45.2 Å². The van der Waals surface area contributed by atoms with Crippen LogP contribution in [-0.2, 0) is 16.0 Å². The second kappa shape index (κ2) is 10.5. The molecule has 0 bridgehead atoms. The first-order valence-electron chi connectivity index (χ1n) is 12.7. The van der Waals surface area contributed by atoms with E-state index in [0.29, 0.717) is 30.6 Å². The highest BCUT2D eigenvalue weighted by atomic mass is 16.2. The van der Waals surface area contributed by atoms with Gasteiger partial charge in [0, 0.05) is 36.0 Å². The molecule has 1 saturated carbocycles. The van der Waals surface area contributed by atoms with Gasteiger partial charge in [0.1, 0.15) is 5.82 Å². The zero-order chi connectivity index (χ0) is 23.3. The molecule has 0 spiro atoms. The Labute approximate surface area is 200 Å². The molecule has 8 nitrogen and oxygen atoms in total. The molecule has 0 radical (unpaired) electrons. The third-order valence-electron chi connectivity index (χ3n) is 7.52. The maximum atomic E-state index is 12.2. The Morgan fingerprint density at radius 1 is 1.03 bits per heavy atom. The normalized spacial score (nSPS) is 21.4. The first kappa shape index (κ1) is 22.8. The zero-order valence-corrected chi connectivity index (χ0v) is 19.6. The third-order valence-corrected chi connectivity index (χ3v) is 7.52. The Morgan fingerprint density at radius 3 is 2.47 bits per heavy atom. The molecule has 2 amide bonds. The van der Waals surface area contributed by atoms with E-state index < -0.39 is 0 Å². The summed E-state index contributed by atoms with van der Waals surface area (Å²) in [6.07, 6.45) is 10.6. The molecule has 2 saturated heterocycles. The van der Waals surface area contributed by atoms with Gasteiger partial charge in [0.2, 0.25) is 18.3 Å². The lowest BCUT2D eigenvalue weighted by molar-refractivity contribution is -0.122. The van der Waals surface area contributed by atoms with Crippen LogP contribution in [0.4, 0.5) is 17.5 Å². The number of nitrogens with zero attached hydrogens (tertiary/aromatic N) is 3. The minimum atomic E-state index is -0.0965. The van der Waals surface area contributed by atoms with Gasteiger partial charge in [-0.05, 0) is 75.2 Å². The first-order valence-corrected chi connectivity index (χ1v) is 12.7. The Hall–Kier alpha value is -3.00. The van der Waals surface area contributed by atoms with Crippen molar-refractivity contribution in [1.29, 1.82) is 0 Å². The molecule has 3 fully saturated rings. The van der Waals surface area contributed by atoms with Gasteiger partial charge in [-0.1, -0.05) is 25.0 Å². The summed E-state index contributed by atoms with van der Waals surface area (Å²) in [6, 6.07) is 8.67. The molecule has 1 aliphatic carbocycles. The molecule has 34 heavy (non-hydrogen) atoms. The number of benzene rings is 1. The highest BCUT2D eigenvalue weighted by molar-refractivity contribution is 5.82. The fraction of sp³-hybridized carbons (Fsp3) is 0.538. The van der Waals surface area contributed by atoms with Gasteiger partial charge >= 0.3 is 0 Å². The lowest BCUT2D eigenvalue weighted by Gasteiger charge is -2.26. The summed E-state index contributed by atoms with van der Waals surface area (Å²) < 4.78 is 0. The SMILES string of the molecule is O=CN(c1nc(Nc2ccc(C3CCNCC3)cc2)ncc1C[C@@H]1CCNC1=O)C1CCCC1. The van der Waals surface area contributed by atoms with Crippen LogP contribution in [0, 0.1) is 5.92 Å². The fourth-order valence-corrected chi connectivity index (χ4v) is 5.55. The van der Waals surface area contributed by atoms with Gasteiger partial charge in [-0.25, -0.2) is 4.98 Å². The summed E-state index contributed by atoms with van der Waals surface area (Å²) in [5, 5.41) is 9.64. The predicted octanol–water partition coefficient (Wildman–Crippen LogP) is 3.27. The lowest BCUT2D eigenvalue weighted by atomic mass is 9.90. The van der Waals surface area contributed by atoms with Crippen molar-refractivity contribution in [2.75, 3.05) is 29.9 Å². The molecule has 1 aromatic heterocycles. The fourth-order valence-electron chi connectivity index (χ4n) is 5.55. The number of carbonyl (C=O) groups is 2. The largest absolute Gasteiger partial charge is 0.356 e. The average molecular weight is 463 g/mol. The minimum absolute atomic E-state index is 0.0699. The number of piperidine rings is 1. The predicted molar refractivity (Wildman–Crippen MR) is 132 cm³/mol. The second-order valence-corrected chi connectivity index (χ2v) is 9.75. The Kier molecular flexibility index (Phi) is 7.04. The van der Waals surface area contributed by atoms with Crippen LogP contribution in [0.25, 0.3) is 0 Å². The molecule has 0 unspecified atom stereocenters. The molecule has 2 aliphatic heterocycles. The summed E-state index contributed by atoms with van der Waals surface area (Å²) in [5.41, 5.74) is 3.14. The van der Waals surface area contributed by atoms with E-state index in [4.69, 9.17) is 4.98 Å². The van der Waals surface area contributed by atoms with E-state index in [0.717, 1.165) is 62.9 Å². The van der Waals surface area contributed by atoms with Gasteiger partial charge in [-0.2, -0.15) is 4.98 Å². The number of rotatable bonds is 8. The van der Waals surface area contributed by atoms with Gasteiger partial charge in [0.05, 0.1) is 0 Å². The van der Waals surface area contributed by atoms with Gasteiger partial charge in [-0.3, -0.25) is 14.5 Å². The number of anilines is 3. The molecule has 180 valence electrons. The van der Waals surface area contributed by atoms with Gasteiger partial charge in [0.25, 0.3) is 0 Å². The average Bonchev–Trinajstić information content (AvgIpc) is 3.54. The van der Waals surface area contributed by atoms with Crippen molar-refractivity contribution in [2.24, 2.45) is 5.92 Å². The van der Waals surface area contributed by atoms with E-state index in [1.807, 2.05) is 0 Å². The van der Waals surface area contributed by atoms with E-state index in [9.17, 15) is 9.59 Å². The highest BCUT2D eigenvalue weighted by Crippen LogP contribution is 2.31. The van der Waals surface area contributed by atoms with E-state index in [-0.39, 0.29) is 17.9 Å². The van der Waals surface area contributed by atoms with Crippen molar-refractivity contribution in [2.45, 2.75) is 63.3 Å². The summed E-state index contributed by atoms with van der Waals surface area (Å²) in [4.78, 5) is 35.5. The third kappa shape index (κ3) is 5.06. The molecular formula is C26H34N6O2. The summed E-state index contributed by atoms with van der Waals surface area (Å²) >= 11 is 0. The molecule has 3 N–H and O–H groups in total. The van der Waals surface area contributed by atoms with E-state index in [1.54, 1.807) is 11.1 Å². The number of nitrogens with one attached hydrogen (secondary N) is 3. The lowest BCUT2D eigenvalue weighted by Crippen LogP contribution is -2.34. The van der Waals surface area contributed by atoms with Crippen molar-refractivity contribution in [1.82, 2.24) is 20.6 Å². The Morgan fingerprint density at radius 2 is 1.79 bits per heavy atom. The summed E-state index contributed by atoms with van der Waals surface area (Å²) in [7, 11) is 0. The van der Waals surface area contributed by atoms with Crippen molar-refractivity contribution in [3.05, 3.63) is 41.6 Å². The van der Waals surface area contributed by atoms with Gasteiger partial charge < -0.3 is 16.0 Å². The van der Waals surface area contributed by atoms with Crippen LogP contribution in [0.3, 0.4) is 0 Å². The quantitative estimate of drug-likeness (QED) is 0.521. The van der Waals surface area contributed by atoms with Gasteiger partial charge in [-0.15, -0.1) is 0 Å². The van der Waals surface area contributed by atoms with Crippen molar-refractivity contribution in [3.63, 3.8) is 0 Å². The maximum Gasteiger partial charge on any atom is 0.229 e. The zero-order valence-electron chi connectivity index (χ0n) is 19.6. The van der Waals surface area contributed by atoms with E-state index >= 15 is 0 Å². The van der Waals surface area contributed by atoms with Crippen LogP contribution in [0.15, 0.2) is 30.5 Å². The smallest absolute Gasteiger partial charge is 0.229 e. The second-order valence-electron chi connectivity index (χ2n) is 9.75. The number of hydrogen-bond donors (Lipinski definition) is 3. The van der Waals surface area contributed by atoms with Crippen LogP contribution < -0.4 is 20.9 Å². The molecule has 1 aromatic carbocycles. The maximum absolute atomic E-state index is 12.2. The number of aromatic nitrogens is 2. The van der Waals surface area contributed by atoms with E-state index in [1.165, 1.54) is 18.4 Å². The molecule has 8 heteroatoms. The highest BCUT2D eigenvalue weighted by Gasteiger charge is 2.30. The number of hydrogen-bond acceptors (Lipinski definition) is 6. The summed E-state index contributed by atoms with van der Waals surface area (Å²) in [5.74, 6) is 1.68. The number of carbonyl (C=O) groups excluding carboxylic acids is 2. The van der Waals surface area contributed by atoms with Gasteiger partial charge in [0.15, 0.2) is 0 Å². The van der Waals surface area contributed by atoms with Crippen LogP contribution in [0.2, 0.25) is 0 Å². The topological polar surface area (TPSA) is 99.2 Å². The van der Waals surface area contributed by atoms with Crippen molar-refractivity contribution in [3.8, 4) is 0 Å². The summed E-state index contributed by atoms with van der Waals surface area (Å²) in [6.45, 7) is 2.85. The van der Waals surface area contributed by atoms with Crippen LogP contribution in [0.1, 0.15) is 62.0 Å². The standard InChI is InChI=1S/C26H34N6O2/c33-17-32(23-3-1-2-4-23)24-21(15-20-11-14-28-25(20)34)16-29-26(31-24)30-22-7-5-18(6-8-22)19-9-12-27-13-10-19/h5-8,16-17,19-20,23,27H,1-4,9-15H2,(H,28,34)(H,29,30,31)/t20-/m0/s1. The molecule has 1 atom stereocenters. The van der Waals surface area contributed by atoms with Crippen LogP contribution >= 0.6 is 0 Å². The van der Waals surface area contributed by atoms with Crippen LogP contribution in [0.5, 0.6) is 0 Å². The molecular weight excluding hydrogens is 428 g/mol. The number of amides is 2. The molecule has 3 aliphatic rings. The Bertz CT molecular complexity index is 999. The van der Waals surface area contributed by atoms with Crippen molar-refractivity contribution >= 4 is 29.8 Å².